The number of hydrogen-bond donors (Lipinski definition) is 2. The first kappa shape index (κ1) is 20.1. The Labute approximate surface area is 133 Å². The first-order valence-electron chi connectivity index (χ1n) is 7.13. The van der Waals surface area contributed by atoms with Gasteiger partial charge in [-0.25, -0.2) is 0 Å². The SMILES string of the molecule is CNC(=O)C(C)CN(C)C(=O)C1(COC)CCNCC1.Cl. The summed E-state index contributed by atoms with van der Waals surface area (Å²) in [6, 6.07) is 0. The number of methoxy groups -OCH3 is 1. The zero-order valence-corrected chi connectivity index (χ0v) is 14.2. The van der Waals surface area contributed by atoms with Crippen LogP contribution in [0.5, 0.6) is 0 Å². The number of halogens is 1. The summed E-state index contributed by atoms with van der Waals surface area (Å²) >= 11 is 0. The number of rotatable bonds is 6. The lowest BCUT2D eigenvalue weighted by Gasteiger charge is -2.38. The molecule has 21 heavy (non-hydrogen) atoms. The molecule has 2 amide bonds. The highest BCUT2D eigenvalue weighted by Crippen LogP contribution is 2.31. The van der Waals surface area contributed by atoms with Crippen molar-refractivity contribution in [2.45, 2.75) is 19.8 Å². The number of carbonyl (C=O) groups excluding carboxylic acids is 2. The summed E-state index contributed by atoms with van der Waals surface area (Å²) in [5, 5.41) is 5.88. The number of nitrogens with zero attached hydrogens (tertiary/aromatic N) is 1. The molecule has 0 spiro atoms. The van der Waals surface area contributed by atoms with E-state index in [1.807, 2.05) is 6.92 Å². The van der Waals surface area contributed by atoms with Crippen LogP contribution in [-0.2, 0) is 14.3 Å². The molecule has 0 aliphatic carbocycles. The van der Waals surface area contributed by atoms with Crippen LogP contribution in [0.4, 0.5) is 0 Å². The minimum Gasteiger partial charge on any atom is -0.384 e. The Hall–Kier alpha value is -0.850. The maximum atomic E-state index is 12.7. The molecule has 1 fully saturated rings. The Kier molecular flexibility index (Phi) is 8.85. The Balaban J connectivity index is 0.00000400. The van der Waals surface area contributed by atoms with Crippen molar-refractivity contribution in [3.63, 3.8) is 0 Å². The molecule has 0 saturated carbocycles. The summed E-state index contributed by atoms with van der Waals surface area (Å²) in [4.78, 5) is 26.0. The molecule has 0 aromatic carbocycles. The van der Waals surface area contributed by atoms with E-state index in [4.69, 9.17) is 4.74 Å². The summed E-state index contributed by atoms with van der Waals surface area (Å²) in [5.74, 6) is -0.178. The quantitative estimate of drug-likeness (QED) is 0.736. The summed E-state index contributed by atoms with van der Waals surface area (Å²) in [5.41, 5.74) is -0.447. The number of ether oxygens (including phenoxy) is 1. The topological polar surface area (TPSA) is 70.7 Å². The fourth-order valence-corrected chi connectivity index (χ4v) is 2.83. The van der Waals surface area contributed by atoms with Crippen LogP contribution in [0.3, 0.4) is 0 Å². The van der Waals surface area contributed by atoms with Gasteiger partial charge in [0.2, 0.25) is 11.8 Å². The van der Waals surface area contributed by atoms with E-state index >= 15 is 0 Å². The van der Waals surface area contributed by atoms with Gasteiger partial charge in [-0.3, -0.25) is 9.59 Å². The second-order valence-corrected chi connectivity index (χ2v) is 5.66. The zero-order chi connectivity index (χ0) is 15.2. The summed E-state index contributed by atoms with van der Waals surface area (Å²) < 4.78 is 5.28. The molecular formula is C14H28ClN3O3. The molecule has 0 aromatic heterocycles. The van der Waals surface area contributed by atoms with E-state index in [1.54, 1.807) is 26.1 Å². The lowest BCUT2D eigenvalue weighted by atomic mass is 9.78. The third-order valence-electron chi connectivity index (χ3n) is 4.02. The van der Waals surface area contributed by atoms with Gasteiger partial charge in [-0.15, -0.1) is 12.4 Å². The fraction of sp³-hybridized carbons (Fsp3) is 0.857. The molecule has 6 nitrogen and oxygen atoms in total. The van der Waals surface area contributed by atoms with Gasteiger partial charge in [-0.1, -0.05) is 6.92 Å². The van der Waals surface area contributed by atoms with Gasteiger partial charge >= 0.3 is 0 Å². The van der Waals surface area contributed by atoms with Gasteiger partial charge in [0.25, 0.3) is 0 Å². The molecule has 124 valence electrons. The van der Waals surface area contributed by atoms with Gasteiger partial charge in [0.05, 0.1) is 17.9 Å². The van der Waals surface area contributed by atoms with E-state index < -0.39 is 5.41 Å². The van der Waals surface area contributed by atoms with E-state index in [9.17, 15) is 9.59 Å². The van der Waals surface area contributed by atoms with Gasteiger partial charge in [0.15, 0.2) is 0 Å². The van der Waals surface area contributed by atoms with Crippen LogP contribution in [0.25, 0.3) is 0 Å². The molecule has 0 aromatic rings. The molecule has 1 aliphatic rings. The number of carbonyl (C=O) groups is 2. The molecule has 1 saturated heterocycles. The second-order valence-electron chi connectivity index (χ2n) is 5.66. The third kappa shape index (κ3) is 5.13. The molecule has 7 heteroatoms. The van der Waals surface area contributed by atoms with Crippen molar-refractivity contribution in [1.82, 2.24) is 15.5 Å². The van der Waals surface area contributed by atoms with Crippen LogP contribution in [-0.4, -0.2) is 64.2 Å². The van der Waals surface area contributed by atoms with Crippen LogP contribution < -0.4 is 10.6 Å². The Bertz CT molecular complexity index is 341. The highest BCUT2D eigenvalue weighted by molar-refractivity contribution is 5.85. The molecule has 2 N–H and O–H groups in total. The summed E-state index contributed by atoms with van der Waals surface area (Å²) in [6.07, 6.45) is 1.55. The van der Waals surface area contributed by atoms with Crippen molar-refractivity contribution in [1.29, 1.82) is 0 Å². The lowest BCUT2D eigenvalue weighted by Crippen LogP contribution is -2.51. The Morgan fingerprint density at radius 3 is 2.43 bits per heavy atom. The first-order chi connectivity index (χ1) is 9.46. The molecular weight excluding hydrogens is 294 g/mol. The highest BCUT2D eigenvalue weighted by Gasteiger charge is 2.41. The maximum absolute atomic E-state index is 12.7. The van der Waals surface area contributed by atoms with E-state index in [2.05, 4.69) is 10.6 Å². The van der Waals surface area contributed by atoms with Gasteiger partial charge < -0.3 is 20.3 Å². The van der Waals surface area contributed by atoms with Crippen LogP contribution in [0.2, 0.25) is 0 Å². The molecule has 1 atom stereocenters. The Morgan fingerprint density at radius 1 is 1.38 bits per heavy atom. The number of nitrogens with one attached hydrogen (secondary N) is 2. The molecule has 0 bridgehead atoms. The molecule has 1 heterocycles. The lowest BCUT2D eigenvalue weighted by molar-refractivity contribution is -0.147. The average Bonchev–Trinajstić information content (AvgIpc) is 2.46. The average molecular weight is 322 g/mol. The number of hydrogen-bond acceptors (Lipinski definition) is 4. The van der Waals surface area contributed by atoms with E-state index in [0.29, 0.717) is 13.2 Å². The van der Waals surface area contributed by atoms with E-state index in [-0.39, 0.29) is 30.1 Å². The van der Waals surface area contributed by atoms with E-state index in [1.165, 1.54) is 0 Å². The van der Waals surface area contributed by atoms with Gasteiger partial charge in [0.1, 0.15) is 0 Å². The normalized spacial score (nSPS) is 18.3. The standard InChI is InChI=1S/C14H27N3O3.ClH/c1-11(12(18)15-2)9-17(3)13(19)14(10-20-4)5-7-16-8-6-14;/h11,16H,5-10H2,1-4H3,(H,15,18);1H. The number of piperidine rings is 1. The first-order valence-corrected chi connectivity index (χ1v) is 7.13. The van der Waals surface area contributed by atoms with Crippen LogP contribution in [0.15, 0.2) is 0 Å². The third-order valence-corrected chi connectivity index (χ3v) is 4.02. The maximum Gasteiger partial charge on any atom is 0.230 e. The van der Waals surface area contributed by atoms with Crippen molar-refractivity contribution in [3.8, 4) is 0 Å². The minimum absolute atomic E-state index is 0. The monoisotopic (exact) mass is 321 g/mol. The van der Waals surface area contributed by atoms with Gasteiger partial charge in [-0.2, -0.15) is 0 Å². The van der Waals surface area contributed by atoms with Gasteiger partial charge in [-0.05, 0) is 25.9 Å². The second kappa shape index (κ2) is 9.23. The van der Waals surface area contributed by atoms with Crippen molar-refractivity contribution in [2.24, 2.45) is 11.3 Å². The Morgan fingerprint density at radius 2 is 1.95 bits per heavy atom. The summed E-state index contributed by atoms with van der Waals surface area (Å²) in [7, 11) is 5.01. The van der Waals surface area contributed by atoms with Crippen molar-refractivity contribution >= 4 is 24.2 Å². The molecule has 1 rings (SSSR count). The smallest absolute Gasteiger partial charge is 0.230 e. The largest absolute Gasteiger partial charge is 0.384 e. The van der Waals surface area contributed by atoms with Crippen LogP contribution >= 0.6 is 12.4 Å². The van der Waals surface area contributed by atoms with Crippen LogP contribution in [0.1, 0.15) is 19.8 Å². The fourth-order valence-electron chi connectivity index (χ4n) is 2.83. The van der Waals surface area contributed by atoms with Crippen LogP contribution in [0, 0.1) is 11.3 Å². The van der Waals surface area contributed by atoms with Crippen molar-refractivity contribution in [2.75, 3.05) is 47.4 Å². The van der Waals surface area contributed by atoms with E-state index in [0.717, 1.165) is 25.9 Å². The minimum atomic E-state index is -0.447. The van der Waals surface area contributed by atoms with Crippen molar-refractivity contribution in [3.05, 3.63) is 0 Å². The number of amides is 2. The summed E-state index contributed by atoms with van der Waals surface area (Å²) in [6.45, 7) is 4.35. The van der Waals surface area contributed by atoms with Crippen molar-refractivity contribution < 1.29 is 14.3 Å². The molecule has 0 radical (unpaired) electrons. The predicted molar refractivity (Wildman–Crippen MR) is 84.5 cm³/mol. The van der Waals surface area contributed by atoms with Gasteiger partial charge in [0, 0.05) is 27.7 Å². The molecule has 1 aliphatic heterocycles. The zero-order valence-electron chi connectivity index (χ0n) is 13.4. The molecule has 1 unspecified atom stereocenters. The predicted octanol–water partition coefficient (Wildman–Crippen LogP) is 0.265. The highest BCUT2D eigenvalue weighted by atomic mass is 35.5.